The molecule has 1 unspecified atom stereocenters. The first-order valence-electron chi connectivity index (χ1n) is 4.90. The number of hydrogen-bond acceptors (Lipinski definition) is 5. The number of hydrogen-bond donors (Lipinski definition) is 2. The predicted octanol–water partition coefficient (Wildman–Crippen LogP) is 0.714. The maximum absolute atomic E-state index is 11.4. The van der Waals surface area contributed by atoms with E-state index in [2.05, 4.69) is 15.5 Å². The second kappa shape index (κ2) is 6.44. The van der Waals surface area contributed by atoms with Crippen LogP contribution in [0.2, 0.25) is 0 Å². The fourth-order valence-electron chi connectivity index (χ4n) is 1.06. The number of carbonyl (C=O) groups is 1. The molecule has 0 aromatic carbocycles. The zero-order valence-electron chi connectivity index (χ0n) is 9.56. The Balaban J connectivity index is 0.00000225. The van der Waals surface area contributed by atoms with Gasteiger partial charge in [0.25, 0.3) is 0 Å². The number of nitrogens with one attached hydrogen (secondary N) is 1. The van der Waals surface area contributed by atoms with Gasteiger partial charge in [-0.05, 0) is 20.3 Å². The summed E-state index contributed by atoms with van der Waals surface area (Å²) in [7, 11) is 0. The molecular formula is C9H17ClN4O2. The Labute approximate surface area is 100 Å². The minimum atomic E-state index is -0.489. The Morgan fingerprint density at radius 3 is 2.69 bits per heavy atom. The molecule has 0 bridgehead atoms. The summed E-state index contributed by atoms with van der Waals surface area (Å²) >= 11 is 0. The third kappa shape index (κ3) is 3.79. The Bertz CT molecular complexity index is 342. The predicted molar refractivity (Wildman–Crippen MR) is 61.1 cm³/mol. The molecule has 0 saturated carbocycles. The first-order valence-corrected chi connectivity index (χ1v) is 4.90. The number of halogens is 1. The highest BCUT2D eigenvalue weighted by Gasteiger charge is 2.18. The molecule has 0 aliphatic heterocycles. The minimum Gasteiger partial charge on any atom is -0.343 e. The van der Waals surface area contributed by atoms with E-state index in [1.807, 2.05) is 6.92 Å². The SMILES string of the molecule is CC[C@H](N)C(=O)NC(C)c1nc(C)no1.Cl. The molecule has 0 aliphatic carbocycles. The van der Waals surface area contributed by atoms with Gasteiger partial charge in [0.15, 0.2) is 5.82 Å². The summed E-state index contributed by atoms with van der Waals surface area (Å²) in [4.78, 5) is 15.5. The van der Waals surface area contributed by atoms with Crippen LogP contribution in [0.4, 0.5) is 0 Å². The zero-order valence-corrected chi connectivity index (χ0v) is 10.4. The molecule has 3 N–H and O–H groups in total. The fourth-order valence-corrected chi connectivity index (χ4v) is 1.06. The van der Waals surface area contributed by atoms with Gasteiger partial charge in [0.1, 0.15) is 6.04 Å². The molecule has 1 rings (SSSR count). The summed E-state index contributed by atoms with van der Waals surface area (Å²) < 4.78 is 4.92. The Hall–Kier alpha value is -1.14. The highest BCUT2D eigenvalue weighted by Crippen LogP contribution is 2.09. The van der Waals surface area contributed by atoms with E-state index in [9.17, 15) is 4.79 Å². The van der Waals surface area contributed by atoms with Crippen molar-refractivity contribution in [3.05, 3.63) is 11.7 Å². The number of nitrogens with zero attached hydrogens (tertiary/aromatic N) is 2. The van der Waals surface area contributed by atoms with Gasteiger partial charge in [0.2, 0.25) is 11.8 Å². The summed E-state index contributed by atoms with van der Waals surface area (Å²) in [6.07, 6.45) is 0.599. The quantitative estimate of drug-likeness (QED) is 0.819. The van der Waals surface area contributed by atoms with Gasteiger partial charge in [-0.1, -0.05) is 12.1 Å². The molecular weight excluding hydrogens is 232 g/mol. The van der Waals surface area contributed by atoms with Crippen LogP contribution >= 0.6 is 12.4 Å². The largest absolute Gasteiger partial charge is 0.343 e. The fraction of sp³-hybridized carbons (Fsp3) is 0.667. The Kier molecular flexibility index (Phi) is 5.98. The molecule has 7 heteroatoms. The summed E-state index contributed by atoms with van der Waals surface area (Å²) in [6.45, 7) is 5.35. The summed E-state index contributed by atoms with van der Waals surface area (Å²) in [5.74, 6) is 0.732. The van der Waals surface area contributed by atoms with Crippen LogP contribution in [0.5, 0.6) is 0 Å². The van der Waals surface area contributed by atoms with Gasteiger partial charge < -0.3 is 15.6 Å². The molecule has 1 heterocycles. The van der Waals surface area contributed by atoms with E-state index in [4.69, 9.17) is 10.3 Å². The lowest BCUT2D eigenvalue weighted by Gasteiger charge is -2.13. The molecule has 1 aromatic rings. The van der Waals surface area contributed by atoms with Crippen LogP contribution in [-0.2, 0) is 4.79 Å². The Morgan fingerprint density at radius 1 is 1.62 bits per heavy atom. The van der Waals surface area contributed by atoms with E-state index < -0.39 is 6.04 Å². The van der Waals surface area contributed by atoms with Crippen molar-refractivity contribution in [1.29, 1.82) is 0 Å². The van der Waals surface area contributed by atoms with Crippen molar-refractivity contribution in [3.63, 3.8) is 0 Å². The zero-order chi connectivity index (χ0) is 11.4. The van der Waals surface area contributed by atoms with Crippen LogP contribution in [0.15, 0.2) is 4.52 Å². The van der Waals surface area contributed by atoms with E-state index in [-0.39, 0.29) is 24.4 Å². The molecule has 2 atom stereocenters. The second-order valence-corrected chi connectivity index (χ2v) is 3.42. The normalized spacial score (nSPS) is 13.8. The molecule has 0 saturated heterocycles. The topological polar surface area (TPSA) is 94.0 Å². The molecule has 1 aromatic heterocycles. The molecule has 92 valence electrons. The van der Waals surface area contributed by atoms with Gasteiger partial charge >= 0.3 is 0 Å². The van der Waals surface area contributed by atoms with Gasteiger partial charge in [-0.25, -0.2) is 0 Å². The summed E-state index contributed by atoms with van der Waals surface area (Å²) in [5, 5.41) is 6.34. The number of aromatic nitrogens is 2. The van der Waals surface area contributed by atoms with Gasteiger partial charge in [0, 0.05) is 0 Å². The highest BCUT2D eigenvalue weighted by molar-refractivity contribution is 5.85. The molecule has 0 aliphatic rings. The van der Waals surface area contributed by atoms with Crippen LogP contribution in [-0.4, -0.2) is 22.1 Å². The van der Waals surface area contributed by atoms with Crippen molar-refractivity contribution in [2.75, 3.05) is 0 Å². The number of carbonyl (C=O) groups excluding carboxylic acids is 1. The van der Waals surface area contributed by atoms with E-state index in [1.165, 1.54) is 0 Å². The summed E-state index contributed by atoms with van der Waals surface area (Å²) in [5.41, 5.74) is 5.57. The lowest BCUT2D eigenvalue weighted by Crippen LogP contribution is -2.41. The van der Waals surface area contributed by atoms with Crippen molar-refractivity contribution in [2.45, 2.75) is 39.3 Å². The van der Waals surface area contributed by atoms with E-state index in [1.54, 1.807) is 13.8 Å². The minimum absolute atomic E-state index is 0. The Morgan fingerprint density at radius 2 is 2.25 bits per heavy atom. The van der Waals surface area contributed by atoms with Crippen molar-refractivity contribution in [3.8, 4) is 0 Å². The van der Waals surface area contributed by atoms with E-state index in [0.29, 0.717) is 18.1 Å². The van der Waals surface area contributed by atoms with Crippen LogP contribution in [0.3, 0.4) is 0 Å². The van der Waals surface area contributed by atoms with Crippen LogP contribution in [0.25, 0.3) is 0 Å². The second-order valence-electron chi connectivity index (χ2n) is 3.42. The maximum atomic E-state index is 11.4. The lowest BCUT2D eigenvalue weighted by atomic mass is 10.2. The van der Waals surface area contributed by atoms with Crippen molar-refractivity contribution < 1.29 is 9.32 Å². The monoisotopic (exact) mass is 248 g/mol. The van der Waals surface area contributed by atoms with Crippen LogP contribution in [0, 0.1) is 6.92 Å². The number of nitrogens with two attached hydrogens (primary N) is 1. The highest BCUT2D eigenvalue weighted by atomic mass is 35.5. The van der Waals surface area contributed by atoms with Crippen LogP contribution in [0.1, 0.15) is 38.0 Å². The third-order valence-electron chi connectivity index (χ3n) is 2.05. The number of aryl methyl sites for hydroxylation is 1. The van der Waals surface area contributed by atoms with Crippen molar-refractivity contribution >= 4 is 18.3 Å². The van der Waals surface area contributed by atoms with Gasteiger partial charge in [0.05, 0.1) is 6.04 Å². The molecule has 1 amide bonds. The molecule has 0 radical (unpaired) electrons. The molecule has 0 spiro atoms. The lowest BCUT2D eigenvalue weighted by molar-refractivity contribution is -0.123. The standard InChI is InChI=1S/C9H16N4O2.ClH/c1-4-7(10)8(14)11-5(2)9-12-6(3)13-15-9;/h5,7H,4,10H2,1-3H3,(H,11,14);1H/t5?,7-;/m0./s1. The average Bonchev–Trinajstić information content (AvgIpc) is 2.63. The van der Waals surface area contributed by atoms with Crippen molar-refractivity contribution in [2.24, 2.45) is 5.73 Å². The smallest absolute Gasteiger partial charge is 0.248 e. The molecule has 0 fully saturated rings. The van der Waals surface area contributed by atoms with Crippen LogP contribution < -0.4 is 11.1 Å². The molecule has 16 heavy (non-hydrogen) atoms. The molecule has 6 nitrogen and oxygen atoms in total. The van der Waals surface area contributed by atoms with Gasteiger partial charge in [-0.2, -0.15) is 4.98 Å². The third-order valence-corrected chi connectivity index (χ3v) is 2.05. The average molecular weight is 249 g/mol. The van der Waals surface area contributed by atoms with Gasteiger partial charge in [-0.15, -0.1) is 12.4 Å². The van der Waals surface area contributed by atoms with E-state index in [0.717, 1.165) is 0 Å². The van der Waals surface area contributed by atoms with E-state index >= 15 is 0 Å². The number of rotatable bonds is 4. The first-order chi connectivity index (χ1) is 7.04. The number of amides is 1. The van der Waals surface area contributed by atoms with Crippen molar-refractivity contribution in [1.82, 2.24) is 15.5 Å². The summed E-state index contributed by atoms with van der Waals surface area (Å²) in [6, 6.07) is -0.798. The first kappa shape index (κ1) is 14.9. The van der Waals surface area contributed by atoms with Gasteiger partial charge in [-0.3, -0.25) is 4.79 Å². The maximum Gasteiger partial charge on any atom is 0.248 e.